The minimum Gasteiger partial charge on any atom is -0.508 e. The summed E-state index contributed by atoms with van der Waals surface area (Å²) in [5.74, 6) is 0.352. The predicted octanol–water partition coefficient (Wildman–Crippen LogP) is 4.01. The summed E-state index contributed by atoms with van der Waals surface area (Å²) >= 11 is 0. The molecule has 2 N–H and O–H groups in total. The number of phenolic OH excluding ortho intramolecular Hbond substituents is 1. The van der Waals surface area contributed by atoms with Crippen LogP contribution in [0.15, 0.2) is 24.3 Å². The summed E-state index contributed by atoms with van der Waals surface area (Å²) in [6.07, 6.45) is 5.17. The van der Waals surface area contributed by atoms with Crippen molar-refractivity contribution in [1.82, 2.24) is 5.32 Å². The number of benzene rings is 1. The van der Waals surface area contributed by atoms with E-state index in [1.54, 1.807) is 6.07 Å². The number of hydrogen-bond donors (Lipinski definition) is 2. The number of phenols is 1. The van der Waals surface area contributed by atoms with E-state index in [-0.39, 0.29) is 0 Å². The minimum atomic E-state index is 0.302. The van der Waals surface area contributed by atoms with Crippen molar-refractivity contribution in [2.45, 2.75) is 58.5 Å². The van der Waals surface area contributed by atoms with Crippen molar-refractivity contribution in [1.29, 1.82) is 0 Å². The number of aromatic hydroxyl groups is 1. The Balaban J connectivity index is 1.97. The molecule has 0 heterocycles. The standard InChI is InChI=1S/C16H25NO/c1-12(13-6-4-8-15(18)10-13)17-14-7-5-9-16(2,3)11-14/h4,6,8,10,12,14,17-18H,5,7,9,11H2,1-3H3. The van der Waals surface area contributed by atoms with Gasteiger partial charge in [0.25, 0.3) is 0 Å². The van der Waals surface area contributed by atoms with Crippen molar-refractivity contribution in [3.05, 3.63) is 29.8 Å². The fraction of sp³-hybridized carbons (Fsp3) is 0.625. The third kappa shape index (κ3) is 3.49. The summed E-state index contributed by atoms with van der Waals surface area (Å²) in [5.41, 5.74) is 1.63. The quantitative estimate of drug-likeness (QED) is 0.845. The lowest BCUT2D eigenvalue weighted by Crippen LogP contribution is -2.38. The fourth-order valence-electron chi connectivity index (χ4n) is 3.08. The first-order valence-electron chi connectivity index (χ1n) is 7.01. The van der Waals surface area contributed by atoms with Crippen LogP contribution < -0.4 is 5.32 Å². The summed E-state index contributed by atoms with van der Waals surface area (Å²) in [5, 5.41) is 13.2. The van der Waals surface area contributed by atoms with Crippen molar-refractivity contribution in [2.75, 3.05) is 0 Å². The molecule has 2 unspecified atom stereocenters. The van der Waals surface area contributed by atoms with Gasteiger partial charge in [0.1, 0.15) is 5.75 Å². The summed E-state index contributed by atoms with van der Waals surface area (Å²) in [6.45, 7) is 6.90. The van der Waals surface area contributed by atoms with Gasteiger partial charge in [0.2, 0.25) is 0 Å². The molecule has 2 heteroatoms. The second-order valence-electron chi connectivity index (χ2n) is 6.44. The molecule has 2 rings (SSSR count). The topological polar surface area (TPSA) is 32.3 Å². The van der Waals surface area contributed by atoms with Crippen LogP contribution in [0, 0.1) is 5.41 Å². The first-order chi connectivity index (χ1) is 8.46. The maximum atomic E-state index is 9.52. The highest BCUT2D eigenvalue weighted by Gasteiger charge is 2.28. The lowest BCUT2D eigenvalue weighted by molar-refractivity contribution is 0.191. The van der Waals surface area contributed by atoms with Crippen molar-refractivity contribution >= 4 is 0 Å². The van der Waals surface area contributed by atoms with E-state index in [9.17, 15) is 5.11 Å². The third-order valence-electron chi connectivity index (χ3n) is 4.06. The van der Waals surface area contributed by atoms with Crippen LogP contribution in [0.1, 0.15) is 58.1 Å². The molecule has 18 heavy (non-hydrogen) atoms. The van der Waals surface area contributed by atoms with Crippen LogP contribution in [0.5, 0.6) is 5.75 Å². The molecule has 0 spiro atoms. The molecule has 2 atom stereocenters. The number of hydrogen-bond acceptors (Lipinski definition) is 2. The molecule has 0 amide bonds. The van der Waals surface area contributed by atoms with Crippen LogP contribution in [0.3, 0.4) is 0 Å². The zero-order valence-electron chi connectivity index (χ0n) is 11.7. The maximum absolute atomic E-state index is 9.52. The highest BCUT2D eigenvalue weighted by Crippen LogP contribution is 2.36. The van der Waals surface area contributed by atoms with Gasteiger partial charge in [-0.25, -0.2) is 0 Å². The van der Waals surface area contributed by atoms with E-state index < -0.39 is 0 Å². The van der Waals surface area contributed by atoms with Crippen LogP contribution >= 0.6 is 0 Å². The molecule has 0 aliphatic heterocycles. The van der Waals surface area contributed by atoms with Crippen LogP contribution in [-0.4, -0.2) is 11.1 Å². The smallest absolute Gasteiger partial charge is 0.115 e. The second kappa shape index (κ2) is 5.31. The van der Waals surface area contributed by atoms with Gasteiger partial charge in [0.05, 0.1) is 0 Å². The molecule has 0 aromatic heterocycles. The van der Waals surface area contributed by atoms with Gasteiger partial charge in [-0.3, -0.25) is 0 Å². The molecule has 0 radical (unpaired) electrons. The largest absolute Gasteiger partial charge is 0.508 e. The minimum absolute atomic E-state index is 0.302. The van der Waals surface area contributed by atoms with Gasteiger partial charge in [0.15, 0.2) is 0 Å². The van der Waals surface area contributed by atoms with E-state index in [4.69, 9.17) is 0 Å². The van der Waals surface area contributed by atoms with E-state index in [1.165, 1.54) is 31.2 Å². The molecule has 100 valence electrons. The van der Waals surface area contributed by atoms with E-state index in [1.807, 2.05) is 12.1 Å². The molecule has 1 aliphatic carbocycles. The monoisotopic (exact) mass is 247 g/mol. The van der Waals surface area contributed by atoms with Crippen molar-refractivity contribution in [2.24, 2.45) is 5.41 Å². The maximum Gasteiger partial charge on any atom is 0.115 e. The third-order valence-corrected chi connectivity index (χ3v) is 4.06. The van der Waals surface area contributed by atoms with E-state index in [0.717, 1.165) is 0 Å². The molecular weight excluding hydrogens is 222 g/mol. The molecule has 0 bridgehead atoms. The Bertz CT molecular complexity index is 400. The van der Waals surface area contributed by atoms with Gasteiger partial charge < -0.3 is 10.4 Å². The van der Waals surface area contributed by atoms with Crippen LogP contribution in [-0.2, 0) is 0 Å². The highest BCUT2D eigenvalue weighted by atomic mass is 16.3. The number of rotatable bonds is 3. The zero-order valence-corrected chi connectivity index (χ0v) is 11.7. The van der Waals surface area contributed by atoms with E-state index in [0.29, 0.717) is 23.2 Å². The Morgan fingerprint density at radius 1 is 1.39 bits per heavy atom. The van der Waals surface area contributed by atoms with Crippen molar-refractivity contribution < 1.29 is 5.11 Å². The molecule has 2 nitrogen and oxygen atoms in total. The molecule has 1 saturated carbocycles. The van der Waals surface area contributed by atoms with Crippen molar-refractivity contribution in [3.8, 4) is 5.75 Å². The van der Waals surface area contributed by atoms with Crippen molar-refractivity contribution in [3.63, 3.8) is 0 Å². The first kappa shape index (κ1) is 13.4. The Kier molecular flexibility index (Phi) is 3.96. The Morgan fingerprint density at radius 3 is 2.83 bits per heavy atom. The zero-order chi connectivity index (χ0) is 13.2. The van der Waals surface area contributed by atoms with Gasteiger partial charge in [0, 0.05) is 12.1 Å². The molecule has 1 aromatic carbocycles. The Hall–Kier alpha value is -1.02. The lowest BCUT2D eigenvalue weighted by Gasteiger charge is -2.37. The van der Waals surface area contributed by atoms with Crippen LogP contribution in [0.25, 0.3) is 0 Å². The molecule has 1 aromatic rings. The molecule has 0 saturated heterocycles. The Labute approximate surface area is 110 Å². The molecule has 1 aliphatic rings. The van der Waals surface area contributed by atoms with Gasteiger partial charge >= 0.3 is 0 Å². The predicted molar refractivity (Wildman–Crippen MR) is 75.7 cm³/mol. The molecule has 1 fully saturated rings. The van der Waals surface area contributed by atoms with Gasteiger partial charge in [-0.2, -0.15) is 0 Å². The van der Waals surface area contributed by atoms with E-state index in [2.05, 4.69) is 32.2 Å². The normalized spacial score (nSPS) is 24.7. The summed E-state index contributed by atoms with van der Waals surface area (Å²) in [6, 6.07) is 8.46. The van der Waals surface area contributed by atoms with Gasteiger partial charge in [-0.1, -0.05) is 32.4 Å². The molecular formula is C16H25NO. The SMILES string of the molecule is CC(NC1CCCC(C)(C)C1)c1cccc(O)c1. The summed E-state index contributed by atoms with van der Waals surface area (Å²) in [4.78, 5) is 0. The second-order valence-corrected chi connectivity index (χ2v) is 6.44. The fourth-order valence-corrected chi connectivity index (χ4v) is 3.08. The van der Waals surface area contributed by atoms with Gasteiger partial charge in [-0.15, -0.1) is 0 Å². The average molecular weight is 247 g/mol. The Morgan fingerprint density at radius 2 is 2.17 bits per heavy atom. The summed E-state index contributed by atoms with van der Waals surface area (Å²) in [7, 11) is 0. The highest BCUT2D eigenvalue weighted by molar-refractivity contribution is 5.29. The lowest BCUT2D eigenvalue weighted by atomic mass is 9.75. The van der Waals surface area contributed by atoms with Gasteiger partial charge in [-0.05, 0) is 49.3 Å². The van der Waals surface area contributed by atoms with Crippen LogP contribution in [0.2, 0.25) is 0 Å². The summed E-state index contributed by atoms with van der Waals surface area (Å²) < 4.78 is 0. The number of nitrogens with one attached hydrogen (secondary N) is 1. The van der Waals surface area contributed by atoms with E-state index >= 15 is 0 Å². The van der Waals surface area contributed by atoms with Crippen LogP contribution in [0.4, 0.5) is 0 Å². The average Bonchev–Trinajstić information content (AvgIpc) is 2.27. The first-order valence-corrected chi connectivity index (χ1v) is 7.01.